The molecule has 1 rings (SSSR count). The highest BCUT2D eigenvalue weighted by Crippen LogP contribution is 2.17. The van der Waals surface area contributed by atoms with Crippen LogP contribution in [0.15, 0.2) is 24.3 Å². The van der Waals surface area contributed by atoms with Gasteiger partial charge in [-0.05, 0) is 25.1 Å². The zero-order chi connectivity index (χ0) is 13.9. The number of benzene rings is 1. The van der Waals surface area contributed by atoms with Crippen LogP contribution in [0.1, 0.15) is 43.0 Å². The maximum Gasteiger partial charge on any atom is 0.339 e. The molecule has 0 unspecified atom stereocenters. The van der Waals surface area contributed by atoms with Crippen LogP contribution < -0.4 is 10.1 Å². The highest BCUT2D eigenvalue weighted by Gasteiger charge is 2.09. The number of carboxylic acids is 1. The molecule has 0 aliphatic rings. The van der Waals surface area contributed by atoms with E-state index in [0.29, 0.717) is 12.4 Å². The second kappa shape index (κ2) is 9.39. The summed E-state index contributed by atoms with van der Waals surface area (Å²) < 4.78 is 5.48. The Balaban J connectivity index is 2.17. The number of ether oxygens (including phenoxy) is 1. The van der Waals surface area contributed by atoms with E-state index in [1.54, 1.807) is 24.3 Å². The van der Waals surface area contributed by atoms with Crippen molar-refractivity contribution in [3.05, 3.63) is 29.8 Å². The number of rotatable bonds is 10. The Kier molecular flexibility index (Phi) is 7.66. The summed E-state index contributed by atoms with van der Waals surface area (Å²) in [6.45, 7) is 4.41. The Morgan fingerprint density at radius 1 is 1.21 bits per heavy atom. The lowest BCUT2D eigenvalue weighted by Gasteiger charge is -2.09. The summed E-state index contributed by atoms with van der Waals surface area (Å²) in [5.74, 6) is -0.522. The van der Waals surface area contributed by atoms with Crippen molar-refractivity contribution in [2.45, 2.75) is 32.6 Å². The molecule has 0 radical (unpaired) electrons. The second-order valence-electron chi connectivity index (χ2n) is 4.46. The number of nitrogens with one attached hydrogen (secondary N) is 1. The lowest BCUT2D eigenvalue weighted by molar-refractivity contribution is 0.0692. The molecule has 0 heterocycles. The van der Waals surface area contributed by atoms with Crippen LogP contribution in [-0.2, 0) is 0 Å². The normalized spacial score (nSPS) is 10.4. The van der Waals surface area contributed by atoms with Crippen LogP contribution in [-0.4, -0.2) is 30.8 Å². The Morgan fingerprint density at radius 3 is 2.74 bits per heavy atom. The third-order valence-electron chi connectivity index (χ3n) is 2.86. The van der Waals surface area contributed by atoms with E-state index in [-0.39, 0.29) is 5.56 Å². The monoisotopic (exact) mass is 265 g/mol. The van der Waals surface area contributed by atoms with Gasteiger partial charge in [-0.2, -0.15) is 0 Å². The molecular weight excluding hydrogens is 242 g/mol. The van der Waals surface area contributed by atoms with Crippen LogP contribution in [0.3, 0.4) is 0 Å². The van der Waals surface area contributed by atoms with Crippen LogP contribution in [0.5, 0.6) is 5.75 Å². The first-order chi connectivity index (χ1) is 9.25. The van der Waals surface area contributed by atoms with Crippen molar-refractivity contribution in [3.8, 4) is 5.75 Å². The standard InChI is InChI=1S/C15H23NO3/c1-2-3-4-7-10-16-11-12-19-14-9-6-5-8-13(14)15(17)18/h5-6,8-9,16H,2-4,7,10-12H2,1H3,(H,17,18). The number of hydrogen-bond donors (Lipinski definition) is 2. The summed E-state index contributed by atoms with van der Waals surface area (Å²) in [5, 5.41) is 12.3. The summed E-state index contributed by atoms with van der Waals surface area (Å²) in [6.07, 6.45) is 4.96. The topological polar surface area (TPSA) is 58.6 Å². The molecule has 1 aromatic rings. The number of aromatic carboxylic acids is 1. The molecule has 19 heavy (non-hydrogen) atoms. The van der Waals surface area contributed by atoms with Gasteiger partial charge in [-0.1, -0.05) is 38.3 Å². The molecule has 106 valence electrons. The van der Waals surface area contributed by atoms with E-state index in [4.69, 9.17) is 9.84 Å². The van der Waals surface area contributed by atoms with Gasteiger partial charge >= 0.3 is 5.97 Å². The van der Waals surface area contributed by atoms with Gasteiger partial charge in [0.15, 0.2) is 0 Å². The Labute approximate surface area is 114 Å². The van der Waals surface area contributed by atoms with Crippen molar-refractivity contribution < 1.29 is 14.6 Å². The molecular formula is C15H23NO3. The Morgan fingerprint density at radius 2 is 2.00 bits per heavy atom. The first kappa shape index (κ1) is 15.5. The maximum atomic E-state index is 11.0. The van der Waals surface area contributed by atoms with E-state index in [9.17, 15) is 4.79 Å². The van der Waals surface area contributed by atoms with E-state index in [1.807, 2.05) is 0 Å². The van der Waals surface area contributed by atoms with Gasteiger partial charge in [0.05, 0.1) is 0 Å². The van der Waals surface area contributed by atoms with Gasteiger partial charge in [-0.15, -0.1) is 0 Å². The predicted octanol–water partition coefficient (Wildman–Crippen LogP) is 2.93. The first-order valence-corrected chi connectivity index (χ1v) is 6.91. The number of para-hydroxylation sites is 1. The van der Waals surface area contributed by atoms with Crippen molar-refractivity contribution in [1.29, 1.82) is 0 Å². The molecule has 2 N–H and O–H groups in total. The summed E-state index contributed by atoms with van der Waals surface area (Å²) in [4.78, 5) is 11.0. The number of carboxylic acid groups (broad SMARTS) is 1. The molecule has 0 spiro atoms. The van der Waals surface area contributed by atoms with Gasteiger partial charge in [0.25, 0.3) is 0 Å². The van der Waals surface area contributed by atoms with Gasteiger partial charge in [-0.25, -0.2) is 4.79 Å². The van der Waals surface area contributed by atoms with E-state index in [0.717, 1.165) is 13.1 Å². The summed E-state index contributed by atoms with van der Waals surface area (Å²) in [5.41, 5.74) is 0.213. The molecule has 0 saturated heterocycles. The van der Waals surface area contributed by atoms with Crippen LogP contribution >= 0.6 is 0 Å². The van der Waals surface area contributed by atoms with Crippen LogP contribution in [0, 0.1) is 0 Å². The summed E-state index contributed by atoms with van der Waals surface area (Å²) in [7, 11) is 0. The van der Waals surface area contributed by atoms with E-state index in [2.05, 4.69) is 12.2 Å². The molecule has 0 bridgehead atoms. The molecule has 4 nitrogen and oxygen atoms in total. The van der Waals surface area contributed by atoms with Crippen molar-refractivity contribution in [2.75, 3.05) is 19.7 Å². The van der Waals surface area contributed by atoms with E-state index < -0.39 is 5.97 Å². The van der Waals surface area contributed by atoms with E-state index in [1.165, 1.54) is 25.7 Å². The number of hydrogen-bond acceptors (Lipinski definition) is 3. The Hall–Kier alpha value is -1.55. The highest BCUT2D eigenvalue weighted by molar-refractivity contribution is 5.90. The van der Waals surface area contributed by atoms with Crippen molar-refractivity contribution in [3.63, 3.8) is 0 Å². The minimum absolute atomic E-state index is 0.213. The molecule has 0 amide bonds. The summed E-state index contributed by atoms with van der Waals surface area (Å²) in [6, 6.07) is 6.71. The smallest absolute Gasteiger partial charge is 0.339 e. The predicted molar refractivity (Wildman–Crippen MR) is 75.9 cm³/mol. The number of carbonyl (C=O) groups is 1. The molecule has 4 heteroatoms. The number of unbranched alkanes of at least 4 members (excludes halogenated alkanes) is 3. The lowest BCUT2D eigenvalue weighted by atomic mass is 10.2. The SMILES string of the molecule is CCCCCCNCCOc1ccccc1C(=O)O. The first-order valence-electron chi connectivity index (χ1n) is 6.91. The third kappa shape index (κ3) is 6.25. The van der Waals surface area contributed by atoms with Gasteiger partial charge < -0.3 is 15.2 Å². The highest BCUT2D eigenvalue weighted by atomic mass is 16.5. The van der Waals surface area contributed by atoms with Crippen molar-refractivity contribution >= 4 is 5.97 Å². The molecule has 1 aromatic carbocycles. The average molecular weight is 265 g/mol. The molecule has 0 aliphatic heterocycles. The van der Waals surface area contributed by atoms with Crippen LogP contribution in [0.25, 0.3) is 0 Å². The van der Waals surface area contributed by atoms with Crippen LogP contribution in [0.4, 0.5) is 0 Å². The lowest BCUT2D eigenvalue weighted by Crippen LogP contribution is -2.22. The second-order valence-corrected chi connectivity index (χ2v) is 4.46. The van der Waals surface area contributed by atoms with Gasteiger partial charge in [-0.3, -0.25) is 0 Å². The fraction of sp³-hybridized carbons (Fsp3) is 0.533. The molecule has 0 aliphatic carbocycles. The van der Waals surface area contributed by atoms with Gasteiger partial charge in [0.2, 0.25) is 0 Å². The van der Waals surface area contributed by atoms with Crippen LogP contribution in [0.2, 0.25) is 0 Å². The average Bonchev–Trinajstić information content (AvgIpc) is 2.42. The molecule has 0 atom stereocenters. The van der Waals surface area contributed by atoms with Crippen molar-refractivity contribution in [1.82, 2.24) is 5.32 Å². The third-order valence-corrected chi connectivity index (χ3v) is 2.86. The largest absolute Gasteiger partial charge is 0.491 e. The fourth-order valence-corrected chi connectivity index (χ4v) is 1.80. The van der Waals surface area contributed by atoms with Gasteiger partial charge in [0, 0.05) is 6.54 Å². The minimum atomic E-state index is -0.955. The molecule has 0 aromatic heterocycles. The zero-order valence-corrected chi connectivity index (χ0v) is 11.5. The molecule has 0 saturated carbocycles. The van der Waals surface area contributed by atoms with E-state index >= 15 is 0 Å². The quantitative estimate of drug-likeness (QED) is 0.639. The Bertz CT molecular complexity index is 379. The summed E-state index contributed by atoms with van der Waals surface area (Å²) >= 11 is 0. The van der Waals surface area contributed by atoms with Gasteiger partial charge in [0.1, 0.15) is 17.9 Å². The zero-order valence-electron chi connectivity index (χ0n) is 11.5. The van der Waals surface area contributed by atoms with Crippen molar-refractivity contribution in [2.24, 2.45) is 0 Å². The molecule has 0 fully saturated rings. The minimum Gasteiger partial charge on any atom is -0.491 e. The fourth-order valence-electron chi connectivity index (χ4n) is 1.80. The maximum absolute atomic E-state index is 11.0.